The van der Waals surface area contributed by atoms with Gasteiger partial charge < -0.3 is 9.84 Å². The van der Waals surface area contributed by atoms with Crippen molar-refractivity contribution in [3.05, 3.63) is 47.2 Å². The second-order valence-corrected chi connectivity index (χ2v) is 5.04. The third-order valence-corrected chi connectivity index (χ3v) is 3.31. The molecular formula is C16H14ClNO4. The van der Waals surface area contributed by atoms with Crippen LogP contribution < -0.4 is 0 Å². The zero-order valence-electron chi connectivity index (χ0n) is 11.9. The van der Waals surface area contributed by atoms with E-state index in [2.05, 4.69) is 9.72 Å². The van der Waals surface area contributed by atoms with Crippen molar-refractivity contribution in [2.45, 2.75) is 12.8 Å². The molecule has 0 fully saturated rings. The van der Waals surface area contributed by atoms with Crippen molar-refractivity contribution in [1.29, 1.82) is 0 Å². The Morgan fingerprint density at radius 2 is 2.00 bits per heavy atom. The maximum atomic E-state index is 11.9. The van der Waals surface area contributed by atoms with Gasteiger partial charge in [0.15, 0.2) is 5.78 Å². The minimum Gasteiger partial charge on any atom is -0.506 e. The van der Waals surface area contributed by atoms with Crippen LogP contribution in [-0.4, -0.2) is 29.0 Å². The molecule has 0 atom stereocenters. The minimum absolute atomic E-state index is 0.0491. The molecule has 1 aromatic heterocycles. The summed E-state index contributed by atoms with van der Waals surface area (Å²) in [7, 11) is 1.25. The van der Waals surface area contributed by atoms with Crippen molar-refractivity contribution >= 4 is 23.4 Å². The lowest BCUT2D eigenvalue weighted by atomic mass is 10.1. The molecular weight excluding hydrogens is 306 g/mol. The minimum atomic E-state index is -0.483. The number of hydrogen-bond acceptors (Lipinski definition) is 5. The van der Waals surface area contributed by atoms with E-state index in [0.717, 1.165) is 5.56 Å². The van der Waals surface area contributed by atoms with E-state index in [9.17, 15) is 14.7 Å². The molecule has 1 N–H and O–H groups in total. The molecule has 22 heavy (non-hydrogen) atoms. The summed E-state index contributed by atoms with van der Waals surface area (Å²) in [4.78, 5) is 27.0. The van der Waals surface area contributed by atoms with E-state index < -0.39 is 11.8 Å². The van der Waals surface area contributed by atoms with Crippen molar-refractivity contribution in [2.75, 3.05) is 7.11 Å². The van der Waals surface area contributed by atoms with Gasteiger partial charge in [0, 0.05) is 23.2 Å². The van der Waals surface area contributed by atoms with Gasteiger partial charge in [-0.3, -0.25) is 9.59 Å². The number of ketones is 1. The largest absolute Gasteiger partial charge is 0.506 e. The van der Waals surface area contributed by atoms with Crippen LogP contribution >= 0.6 is 11.6 Å². The van der Waals surface area contributed by atoms with Gasteiger partial charge in [-0.2, -0.15) is 0 Å². The van der Waals surface area contributed by atoms with Crippen LogP contribution in [0.15, 0.2) is 36.5 Å². The third kappa shape index (κ3) is 3.83. The number of rotatable bonds is 5. The van der Waals surface area contributed by atoms with Gasteiger partial charge in [-0.05, 0) is 23.8 Å². The molecule has 2 aromatic rings. The summed E-state index contributed by atoms with van der Waals surface area (Å²) < 4.78 is 4.47. The summed E-state index contributed by atoms with van der Waals surface area (Å²) in [5.41, 5.74) is 1.36. The molecule has 2 rings (SSSR count). The lowest BCUT2D eigenvalue weighted by Crippen LogP contribution is -2.07. The first-order valence-electron chi connectivity index (χ1n) is 6.56. The van der Waals surface area contributed by atoms with Gasteiger partial charge in [0.25, 0.3) is 0 Å². The van der Waals surface area contributed by atoms with Crippen molar-refractivity contribution in [1.82, 2.24) is 4.98 Å². The van der Waals surface area contributed by atoms with Gasteiger partial charge >= 0.3 is 5.97 Å². The molecule has 0 saturated heterocycles. The fraction of sp³-hybridized carbons (Fsp3) is 0.188. The molecule has 0 aliphatic rings. The van der Waals surface area contributed by atoms with E-state index in [1.54, 1.807) is 18.2 Å². The zero-order valence-corrected chi connectivity index (χ0v) is 12.6. The number of carbonyl (C=O) groups is 2. The number of halogens is 1. The van der Waals surface area contributed by atoms with E-state index in [-0.39, 0.29) is 24.3 Å². The number of carbonyl (C=O) groups excluding carboxylic acids is 2. The number of hydrogen-bond donors (Lipinski definition) is 1. The van der Waals surface area contributed by atoms with Crippen molar-refractivity contribution in [3.8, 4) is 16.9 Å². The lowest BCUT2D eigenvalue weighted by molar-refractivity contribution is -0.140. The summed E-state index contributed by atoms with van der Waals surface area (Å²) in [6, 6.07) is 8.52. The van der Waals surface area contributed by atoms with Crippen LogP contribution in [0.4, 0.5) is 0 Å². The monoisotopic (exact) mass is 319 g/mol. The number of pyridine rings is 1. The van der Waals surface area contributed by atoms with Crippen molar-refractivity contribution in [2.24, 2.45) is 0 Å². The van der Waals surface area contributed by atoms with Gasteiger partial charge in [0.2, 0.25) is 0 Å². The Morgan fingerprint density at radius 1 is 1.23 bits per heavy atom. The van der Waals surface area contributed by atoms with Crippen LogP contribution in [0.2, 0.25) is 5.02 Å². The normalized spacial score (nSPS) is 10.3. The van der Waals surface area contributed by atoms with Crippen LogP contribution in [0.5, 0.6) is 5.75 Å². The van der Waals surface area contributed by atoms with Gasteiger partial charge in [-0.15, -0.1) is 0 Å². The van der Waals surface area contributed by atoms with Crippen LogP contribution in [0.3, 0.4) is 0 Å². The molecule has 0 bridgehead atoms. The number of aromatic hydroxyl groups is 1. The maximum Gasteiger partial charge on any atom is 0.305 e. The summed E-state index contributed by atoms with van der Waals surface area (Å²) in [5.74, 6) is -1.13. The number of benzene rings is 1. The van der Waals surface area contributed by atoms with Crippen molar-refractivity contribution in [3.63, 3.8) is 0 Å². The molecule has 0 aliphatic heterocycles. The highest BCUT2D eigenvalue weighted by Gasteiger charge is 2.16. The molecule has 0 radical (unpaired) electrons. The first kappa shape index (κ1) is 16.0. The molecule has 5 nitrogen and oxygen atoms in total. The van der Waals surface area contributed by atoms with E-state index in [4.69, 9.17) is 11.6 Å². The number of ether oxygens (including phenoxy) is 1. The Morgan fingerprint density at radius 3 is 2.64 bits per heavy atom. The average Bonchev–Trinajstić information content (AvgIpc) is 2.52. The molecule has 1 heterocycles. The Bertz CT molecular complexity index is 715. The van der Waals surface area contributed by atoms with Gasteiger partial charge in [0.05, 0.1) is 13.5 Å². The highest BCUT2D eigenvalue weighted by atomic mass is 35.5. The van der Waals surface area contributed by atoms with Crippen LogP contribution in [0.25, 0.3) is 11.1 Å². The van der Waals surface area contributed by atoms with Crippen LogP contribution in [0.1, 0.15) is 23.3 Å². The van der Waals surface area contributed by atoms with E-state index in [0.29, 0.717) is 10.6 Å². The smallest absolute Gasteiger partial charge is 0.305 e. The summed E-state index contributed by atoms with van der Waals surface area (Å²) >= 11 is 5.92. The summed E-state index contributed by atoms with van der Waals surface area (Å²) in [6.07, 6.45) is 1.37. The molecule has 6 heteroatoms. The molecule has 0 spiro atoms. The average molecular weight is 320 g/mol. The number of methoxy groups -OCH3 is 1. The molecule has 1 aromatic carbocycles. The SMILES string of the molecule is COC(=O)CCC(=O)c1ncc(-c2cccc(Cl)c2)cc1O. The van der Waals surface area contributed by atoms with Gasteiger partial charge in [-0.25, -0.2) is 4.98 Å². The van der Waals surface area contributed by atoms with Gasteiger partial charge in [0.1, 0.15) is 11.4 Å². The molecule has 114 valence electrons. The topological polar surface area (TPSA) is 76.5 Å². The van der Waals surface area contributed by atoms with E-state index in [1.807, 2.05) is 6.07 Å². The second kappa shape index (κ2) is 7.04. The first-order valence-corrected chi connectivity index (χ1v) is 6.94. The van der Waals surface area contributed by atoms with E-state index >= 15 is 0 Å². The third-order valence-electron chi connectivity index (χ3n) is 3.07. The van der Waals surface area contributed by atoms with Gasteiger partial charge in [-0.1, -0.05) is 23.7 Å². The fourth-order valence-electron chi connectivity index (χ4n) is 1.93. The number of Topliss-reactive ketones (excluding diaryl/α,β-unsaturated/α-hetero) is 1. The van der Waals surface area contributed by atoms with Crippen LogP contribution in [-0.2, 0) is 9.53 Å². The Kier molecular flexibility index (Phi) is 5.12. The standard InChI is InChI=1S/C16H14ClNO4/c1-22-15(21)6-5-13(19)16-14(20)8-11(9-18-16)10-3-2-4-12(17)7-10/h2-4,7-9,20H,5-6H2,1H3. The number of nitrogens with zero attached hydrogens (tertiary/aromatic N) is 1. The molecule has 0 amide bonds. The Labute approximate surface area is 132 Å². The fourth-order valence-corrected chi connectivity index (χ4v) is 2.12. The lowest BCUT2D eigenvalue weighted by Gasteiger charge is -2.06. The van der Waals surface area contributed by atoms with Crippen LogP contribution in [0, 0.1) is 0 Å². The molecule has 0 saturated carbocycles. The summed E-state index contributed by atoms with van der Waals surface area (Å²) in [5, 5.41) is 10.5. The predicted molar refractivity (Wildman–Crippen MR) is 81.9 cm³/mol. The first-order chi connectivity index (χ1) is 10.5. The summed E-state index contributed by atoms with van der Waals surface area (Å²) in [6.45, 7) is 0. The van der Waals surface area contributed by atoms with E-state index in [1.165, 1.54) is 19.4 Å². The Balaban J connectivity index is 2.19. The zero-order chi connectivity index (χ0) is 16.1. The number of aromatic nitrogens is 1. The number of esters is 1. The maximum absolute atomic E-state index is 11.9. The molecule has 0 unspecified atom stereocenters. The van der Waals surface area contributed by atoms with Crippen molar-refractivity contribution < 1.29 is 19.4 Å². The predicted octanol–water partition coefficient (Wildman–Crippen LogP) is 3.24. The highest BCUT2D eigenvalue weighted by Crippen LogP contribution is 2.27. The molecule has 0 aliphatic carbocycles. The highest BCUT2D eigenvalue weighted by molar-refractivity contribution is 6.30. The second-order valence-electron chi connectivity index (χ2n) is 4.60. The quantitative estimate of drug-likeness (QED) is 0.676. The Hall–Kier alpha value is -2.40.